The second kappa shape index (κ2) is 9.45. The van der Waals surface area contributed by atoms with Crippen LogP contribution in [0.25, 0.3) is 0 Å². The van der Waals surface area contributed by atoms with Crippen LogP contribution in [0.15, 0.2) is 73.1 Å². The van der Waals surface area contributed by atoms with Crippen molar-refractivity contribution in [2.24, 2.45) is 0 Å². The van der Waals surface area contributed by atoms with Gasteiger partial charge in [0.2, 0.25) is 0 Å². The van der Waals surface area contributed by atoms with Crippen molar-refractivity contribution in [2.45, 2.75) is 6.54 Å². The maximum Gasteiger partial charge on any atom is 0.262 e. The van der Waals surface area contributed by atoms with Crippen LogP contribution in [0, 0.1) is 5.82 Å². The van der Waals surface area contributed by atoms with Gasteiger partial charge in [-0.3, -0.25) is 14.6 Å². The summed E-state index contributed by atoms with van der Waals surface area (Å²) in [5.74, 6) is -1.02. The second-order valence-corrected chi connectivity index (χ2v) is 6.33. The molecule has 0 aliphatic carbocycles. The molecule has 1 heterocycles. The lowest BCUT2D eigenvalue weighted by molar-refractivity contribution is -0.118. The van der Waals surface area contributed by atoms with Crippen molar-refractivity contribution in [2.75, 3.05) is 19.0 Å². The third-order valence-electron chi connectivity index (χ3n) is 4.14. The van der Waals surface area contributed by atoms with Crippen LogP contribution in [0.3, 0.4) is 0 Å². The van der Waals surface area contributed by atoms with E-state index in [0.717, 1.165) is 5.56 Å². The molecular weight excluding hydrogens is 373 g/mol. The van der Waals surface area contributed by atoms with Gasteiger partial charge in [-0.1, -0.05) is 24.3 Å². The Bertz CT molecular complexity index is 995. The number of para-hydroxylation sites is 2. The molecule has 148 valence electrons. The van der Waals surface area contributed by atoms with E-state index in [1.165, 1.54) is 18.2 Å². The summed E-state index contributed by atoms with van der Waals surface area (Å²) in [6, 6.07) is 16.2. The summed E-state index contributed by atoms with van der Waals surface area (Å²) < 4.78 is 19.2. The minimum absolute atomic E-state index is 0.0718. The number of pyridine rings is 1. The Balaban J connectivity index is 1.64. The first-order valence-electron chi connectivity index (χ1n) is 8.95. The van der Waals surface area contributed by atoms with Crippen LogP contribution in [0.2, 0.25) is 0 Å². The lowest BCUT2D eigenvalue weighted by Gasteiger charge is -2.19. The molecule has 7 heteroatoms. The molecule has 0 aliphatic rings. The zero-order chi connectivity index (χ0) is 20.6. The standard InChI is InChI=1S/C22H20FN3O3/c1-26(14-16-10-12-24-13-11-16)22(28)17-6-2-5-9-20(17)29-15-21(27)25-19-8-4-3-7-18(19)23/h2-13H,14-15H2,1H3,(H,25,27). The average molecular weight is 393 g/mol. The van der Waals surface area contributed by atoms with Gasteiger partial charge < -0.3 is 15.0 Å². The van der Waals surface area contributed by atoms with Gasteiger partial charge in [-0.15, -0.1) is 0 Å². The molecule has 3 aromatic rings. The Morgan fingerprint density at radius 1 is 1.03 bits per heavy atom. The van der Waals surface area contributed by atoms with Crippen molar-refractivity contribution in [3.63, 3.8) is 0 Å². The highest BCUT2D eigenvalue weighted by molar-refractivity contribution is 5.97. The fraction of sp³-hybridized carbons (Fsp3) is 0.136. The second-order valence-electron chi connectivity index (χ2n) is 6.33. The highest BCUT2D eigenvalue weighted by Gasteiger charge is 2.17. The topological polar surface area (TPSA) is 71.5 Å². The predicted octanol–water partition coefficient (Wildman–Crippen LogP) is 3.51. The number of amides is 2. The zero-order valence-electron chi connectivity index (χ0n) is 15.8. The molecule has 0 fully saturated rings. The summed E-state index contributed by atoms with van der Waals surface area (Å²) >= 11 is 0. The average Bonchev–Trinajstić information content (AvgIpc) is 2.74. The first-order valence-corrected chi connectivity index (χ1v) is 8.95. The van der Waals surface area contributed by atoms with E-state index in [-0.39, 0.29) is 24.0 Å². The molecule has 0 aliphatic heterocycles. The molecule has 0 bridgehead atoms. The first-order chi connectivity index (χ1) is 14.0. The quantitative estimate of drug-likeness (QED) is 0.667. The van der Waals surface area contributed by atoms with Gasteiger partial charge in [0.15, 0.2) is 6.61 Å². The maximum atomic E-state index is 13.6. The number of nitrogens with one attached hydrogen (secondary N) is 1. The van der Waals surface area contributed by atoms with Crippen LogP contribution < -0.4 is 10.1 Å². The first kappa shape index (κ1) is 20.0. The minimum atomic E-state index is -0.533. The number of ether oxygens (including phenoxy) is 1. The number of carbonyl (C=O) groups is 2. The van der Waals surface area contributed by atoms with E-state index < -0.39 is 11.7 Å². The SMILES string of the molecule is CN(Cc1ccncc1)C(=O)c1ccccc1OCC(=O)Nc1ccccc1F. The predicted molar refractivity (Wildman–Crippen MR) is 107 cm³/mol. The number of anilines is 1. The number of benzene rings is 2. The molecule has 6 nitrogen and oxygen atoms in total. The van der Waals surface area contributed by atoms with Crippen LogP contribution in [0.1, 0.15) is 15.9 Å². The van der Waals surface area contributed by atoms with Crippen molar-refractivity contribution < 1.29 is 18.7 Å². The van der Waals surface area contributed by atoms with Crippen LogP contribution >= 0.6 is 0 Å². The lowest BCUT2D eigenvalue weighted by atomic mass is 10.1. The van der Waals surface area contributed by atoms with E-state index in [1.54, 1.807) is 54.7 Å². The summed E-state index contributed by atoms with van der Waals surface area (Å²) in [5, 5.41) is 2.44. The van der Waals surface area contributed by atoms with Gasteiger partial charge in [0.1, 0.15) is 11.6 Å². The highest BCUT2D eigenvalue weighted by Crippen LogP contribution is 2.21. The van der Waals surface area contributed by atoms with E-state index in [2.05, 4.69) is 10.3 Å². The van der Waals surface area contributed by atoms with Crippen LogP contribution in [0.5, 0.6) is 5.75 Å². The molecule has 29 heavy (non-hydrogen) atoms. The van der Waals surface area contributed by atoms with Crippen molar-refractivity contribution in [1.82, 2.24) is 9.88 Å². The van der Waals surface area contributed by atoms with Crippen molar-refractivity contribution in [1.29, 1.82) is 0 Å². The molecule has 0 atom stereocenters. The van der Waals surface area contributed by atoms with Gasteiger partial charge in [-0.05, 0) is 42.0 Å². The Hall–Kier alpha value is -3.74. The summed E-state index contributed by atoms with van der Waals surface area (Å²) in [7, 11) is 1.68. The number of halogens is 1. The fourth-order valence-electron chi connectivity index (χ4n) is 2.70. The van der Waals surface area contributed by atoms with Gasteiger partial charge in [0.05, 0.1) is 11.3 Å². The Morgan fingerprint density at radius 3 is 2.48 bits per heavy atom. The highest BCUT2D eigenvalue weighted by atomic mass is 19.1. The molecule has 0 saturated carbocycles. The molecule has 2 amide bonds. The molecule has 1 N–H and O–H groups in total. The number of carbonyl (C=O) groups excluding carboxylic acids is 2. The largest absolute Gasteiger partial charge is 0.483 e. The van der Waals surface area contributed by atoms with Crippen molar-refractivity contribution in [3.05, 3.63) is 90.0 Å². The Morgan fingerprint density at radius 2 is 1.72 bits per heavy atom. The molecule has 0 saturated heterocycles. The number of hydrogen-bond acceptors (Lipinski definition) is 4. The lowest BCUT2D eigenvalue weighted by Crippen LogP contribution is -2.27. The maximum absolute atomic E-state index is 13.6. The van der Waals surface area contributed by atoms with Gasteiger partial charge >= 0.3 is 0 Å². The molecule has 0 spiro atoms. The van der Waals surface area contributed by atoms with Gasteiger partial charge in [0, 0.05) is 26.0 Å². The third kappa shape index (κ3) is 5.38. The third-order valence-corrected chi connectivity index (χ3v) is 4.14. The van der Waals surface area contributed by atoms with Crippen LogP contribution in [-0.4, -0.2) is 35.4 Å². The molecule has 3 rings (SSSR count). The van der Waals surface area contributed by atoms with E-state index >= 15 is 0 Å². The summed E-state index contributed by atoms with van der Waals surface area (Å²) in [5.41, 5.74) is 1.35. The van der Waals surface area contributed by atoms with E-state index in [4.69, 9.17) is 4.74 Å². The normalized spacial score (nSPS) is 10.3. The van der Waals surface area contributed by atoms with Crippen LogP contribution in [-0.2, 0) is 11.3 Å². The summed E-state index contributed by atoms with van der Waals surface area (Å²) in [6.45, 7) is 0.0517. The number of rotatable bonds is 7. The number of nitrogens with zero attached hydrogens (tertiary/aromatic N) is 2. The monoisotopic (exact) mass is 393 g/mol. The molecule has 0 radical (unpaired) electrons. The molecular formula is C22H20FN3O3. The van der Waals surface area contributed by atoms with E-state index in [0.29, 0.717) is 12.1 Å². The number of hydrogen-bond donors (Lipinski definition) is 1. The van der Waals surface area contributed by atoms with Gasteiger partial charge in [0.25, 0.3) is 11.8 Å². The fourth-order valence-corrected chi connectivity index (χ4v) is 2.70. The zero-order valence-corrected chi connectivity index (χ0v) is 15.8. The molecule has 0 unspecified atom stereocenters. The van der Waals surface area contributed by atoms with Gasteiger partial charge in [-0.25, -0.2) is 4.39 Å². The minimum Gasteiger partial charge on any atom is -0.483 e. The van der Waals surface area contributed by atoms with E-state index in [1.807, 2.05) is 12.1 Å². The molecule has 1 aromatic heterocycles. The van der Waals surface area contributed by atoms with Crippen molar-refractivity contribution in [3.8, 4) is 5.75 Å². The van der Waals surface area contributed by atoms with Gasteiger partial charge in [-0.2, -0.15) is 0 Å². The van der Waals surface area contributed by atoms with Crippen LogP contribution in [0.4, 0.5) is 10.1 Å². The Kier molecular flexibility index (Phi) is 6.52. The summed E-state index contributed by atoms with van der Waals surface area (Å²) in [4.78, 5) is 30.4. The summed E-state index contributed by atoms with van der Waals surface area (Å²) in [6.07, 6.45) is 3.33. The Labute approximate surface area is 168 Å². The number of aromatic nitrogens is 1. The smallest absolute Gasteiger partial charge is 0.262 e. The van der Waals surface area contributed by atoms with E-state index in [9.17, 15) is 14.0 Å². The van der Waals surface area contributed by atoms with Crippen molar-refractivity contribution >= 4 is 17.5 Å². The molecule has 2 aromatic carbocycles.